The summed E-state index contributed by atoms with van der Waals surface area (Å²) in [4.78, 5) is 17.0. The van der Waals surface area contributed by atoms with Gasteiger partial charge in [-0.3, -0.25) is 4.79 Å². The lowest BCUT2D eigenvalue weighted by atomic mass is 10.1. The first kappa shape index (κ1) is 17.4. The van der Waals surface area contributed by atoms with Gasteiger partial charge in [0.1, 0.15) is 5.82 Å². The maximum Gasteiger partial charge on any atom is 0.264 e. The highest BCUT2D eigenvalue weighted by molar-refractivity contribution is 8.18. The van der Waals surface area contributed by atoms with Crippen molar-refractivity contribution in [3.8, 4) is 0 Å². The molecule has 0 radical (unpaired) electrons. The van der Waals surface area contributed by atoms with Crippen LogP contribution in [0, 0.1) is 5.82 Å². The lowest BCUT2D eigenvalue weighted by molar-refractivity contribution is -0.115. The van der Waals surface area contributed by atoms with Crippen molar-refractivity contribution in [1.82, 2.24) is 5.32 Å². The molecule has 0 atom stereocenters. The molecule has 0 aromatic heterocycles. The van der Waals surface area contributed by atoms with Crippen molar-refractivity contribution in [2.75, 3.05) is 0 Å². The van der Waals surface area contributed by atoms with E-state index in [0.29, 0.717) is 15.6 Å². The van der Waals surface area contributed by atoms with E-state index >= 15 is 0 Å². The van der Waals surface area contributed by atoms with E-state index in [1.165, 1.54) is 36.2 Å². The van der Waals surface area contributed by atoms with E-state index < -0.39 is 0 Å². The Bertz CT molecular complexity index is 828. The number of benzene rings is 2. The first-order valence-corrected chi connectivity index (χ1v) is 9.10. The summed E-state index contributed by atoms with van der Waals surface area (Å²) in [6.07, 6.45) is 4.95. The Hall–Kier alpha value is -2.40. The van der Waals surface area contributed by atoms with Gasteiger partial charge in [0.2, 0.25) is 0 Å². The second-order valence-electron chi connectivity index (χ2n) is 5.77. The van der Waals surface area contributed by atoms with Crippen LogP contribution in [0.4, 0.5) is 10.1 Å². The summed E-state index contributed by atoms with van der Waals surface area (Å²) in [6.45, 7) is 2.17. The lowest BCUT2D eigenvalue weighted by Crippen LogP contribution is -2.19. The van der Waals surface area contributed by atoms with E-state index in [9.17, 15) is 9.18 Å². The molecule has 1 fully saturated rings. The molecule has 25 heavy (non-hydrogen) atoms. The van der Waals surface area contributed by atoms with E-state index in [2.05, 4.69) is 29.4 Å². The maximum atomic E-state index is 13.7. The summed E-state index contributed by atoms with van der Waals surface area (Å²) in [6, 6.07) is 14.4. The second-order valence-corrected chi connectivity index (χ2v) is 6.80. The third-order valence-electron chi connectivity index (χ3n) is 3.83. The van der Waals surface area contributed by atoms with E-state index in [1.807, 2.05) is 12.1 Å². The molecule has 0 spiro atoms. The predicted octanol–water partition coefficient (Wildman–Crippen LogP) is 5.06. The summed E-state index contributed by atoms with van der Waals surface area (Å²) in [5.41, 5.74) is 2.46. The van der Waals surface area contributed by atoms with Gasteiger partial charge in [-0.15, -0.1) is 0 Å². The normalized spacial score (nSPS) is 17.3. The Morgan fingerprint density at radius 1 is 1.16 bits per heavy atom. The van der Waals surface area contributed by atoms with Crippen LogP contribution in [0.15, 0.2) is 58.4 Å². The highest BCUT2D eigenvalue weighted by atomic mass is 32.2. The molecule has 1 saturated heterocycles. The van der Waals surface area contributed by atoms with Crippen molar-refractivity contribution < 1.29 is 9.18 Å². The fraction of sp³-hybridized carbons (Fsp3) is 0.200. The Labute approximate surface area is 151 Å². The summed E-state index contributed by atoms with van der Waals surface area (Å²) < 4.78 is 13.7. The first-order chi connectivity index (χ1) is 12.2. The Morgan fingerprint density at radius 2 is 1.92 bits per heavy atom. The zero-order valence-corrected chi connectivity index (χ0v) is 14.8. The Morgan fingerprint density at radius 3 is 2.64 bits per heavy atom. The number of thioether (sulfide) groups is 1. The summed E-state index contributed by atoms with van der Waals surface area (Å²) >= 11 is 1.22. The van der Waals surface area contributed by atoms with Crippen molar-refractivity contribution >= 4 is 34.6 Å². The van der Waals surface area contributed by atoms with Gasteiger partial charge in [0.15, 0.2) is 5.17 Å². The van der Waals surface area contributed by atoms with Crippen molar-refractivity contribution in [1.29, 1.82) is 0 Å². The molecule has 0 aliphatic carbocycles. The minimum atomic E-state index is -0.351. The molecule has 0 saturated carbocycles. The summed E-state index contributed by atoms with van der Waals surface area (Å²) in [7, 11) is 0. The van der Waals surface area contributed by atoms with Crippen LogP contribution < -0.4 is 5.32 Å². The zero-order valence-electron chi connectivity index (χ0n) is 14.0. The topological polar surface area (TPSA) is 41.5 Å². The Balaban J connectivity index is 1.73. The molecular formula is C20H19FN2OS. The highest BCUT2D eigenvalue weighted by Gasteiger charge is 2.24. The third kappa shape index (κ3) is 4.57. The molecular weight excluding hydrogens is 335 g/mol. The Kier molecular flexibility index (Phi) is 5.66. The fourth-order valence-corrected chi connectivity index (χ4v) is 3.28. The van der Waals surface area contributed by atoms with Gasteiger partial charge in [0.05, 0.1) is 10.6 Å². The van der Waals surface area contributed by atoms with Crippen molar-refractivity contribution in [3.05, 3.63) is 70.4 Å². The number of nitrogens with one attached hydrogen (secondary N) is 1. The van der Waals surface area contributed by atoms with Crippen molar-refractivity contribution in [3.63, 3.8) is 0 Å². The van der Waals surface area contributed by atoms with Crippen LogP contribution in [0.25, 0.3) is 6.08 Å². The van der Waals surface area contributed by atoms with Crippen LogP contribution in [0.5, 0.6) is 0 Å². The molecule has 2 aromatic rings. The van der Waals surface area contributed by atoms with E-state index in [0.717, 1.165) is 12.1 Å². The molecule has 3 rings (SSSR count). The summed E-state index contributed by atoms with van der Waals surface area (Å²) in [5.74, 6) is -0.608. The molecule has 0 bridgehead atoms. The van der Waals surface area contributed by atoms with E-state index in [-0.39, 0.29) is 11.7 Å². The number of amides is 1. The molecule has 128 valence electrons. The lowest BCUT2D eigenvalue weighted by Gasteiger charge is -2.01. The van der Waals surface area contributed by atoms with Gasteiger partial charge in [-0.05, 0) is 54.4 Å². The maximum absolute atomic E-state index is 13.7. The monoisotopic (exact) mass is 354 g/mol. The van der Waals surface area contributed by atoms with Crippen LogP contribution in [0.2, 0.25) is 0 Å². The van der Waals surface area contributed by atoms with Crippen LogP contribution in [0.1, 0.15) is 30.9 Å². The van der Waals surface area contributed by atoms with Crippen molar-refractivity contribution in [2.24, 2.45) is 4.99 Å². The molecule has 5 heteroatoms. The second kappa shape index (κ2) is 8.12. The number of aryl methyl sites for hydroxylation is 1. The number of carbonyl (C=O) groups is 1. The number of unbranched alkanes of at least 4 members (excludes halogenated alkanes) is 1. The molecule has 0 unspecified atom stereocenters. The highest BCUT2D eigenvalue weighted by Crippen LogP contribution is 2.28. The number of hydrogen-bond acceptors (Lipinski definition) is 3. The van der Waals surface area contributed by atoms with E-state index in [1.54, 1.807) is 24.3 Å². The van der Waals surface area contributed by atoms with Crippen LogP contribution in [0.3, 0.4) is 0 Å². The third-order valence-corrected chi connectivity index (χ3v) is 4.74. The number of aliphatic imine (C=N–C) groups is 1. The first-order valence-electron chi connectivity index (χ1n) is 8.29. The van der Waals surface area contributed by atoms with Crippen LogP contribution in [-0.4, -0.2) is 11.1 Å². The number of amidine groups is 1. The predicted molar refractivity (Wildman–Crippen MR) is 102 cm³/mol. The number of nitrogens with zero attached hydrogens (tertiary/aromatic N) is 1. The van der Waals surface area contributed by atoms with Crippen molar-refractivity contribution in [2.45, 2.75) is 26.2 Å². The average molecular weight is 354 g/mol. The van der Waals surface area contributed by atoms with Gasteiger partial charge in [-0.25, -0.2) is 9.38 Å². The molecule has 2 aromatic carbocycles. The summed E-state index contributed by atoms with van der Waals surface area (Å²) in [5, 5.41) is 3.23. The smallest absolute Gasteiger partial charge is 0.264 e. The molecule has 1 amide bonds. The molecule has 1 N–H and O–H groups in total. The van der Waals surface area contributed by atoms with Gasteiger partial charge in [0.25, 0.3) is 5.91 Å². The fourth-order valence-electron chi connectivity index (χ4n) is 2.45. The number of rotatable bonds is 5. The number of halogens is 1. The largest absolute Gasteiger partial charge is 0.300 e. The van der Waals surface area contributed by atoms with Gasteiger partial charge in [-0.2, -0.15) is 0 Å². The molecule has 1 aliphatic heterocycles. The van der Waals surface area contributed by atoms with E-state index in [4.69, 9.17) is 0 Å². The minimum Gasteiger partial charge on any atom is -0.300 e. The SMILES string of the molecule is CCCCc1ccc(N=C2NC(=O)C(=Cc3ccccc3F)S2)cc1. The quantitative estimate of drug-likeness (QED) is 0.763. The van der Waals surface area contributed by atoms with Gasteiger partial charge < -0.3 is 5.32 Å². The number of hydrogen-bond donors (Lipinski definition) is 1. The molecule has 3 nitrogen and oxygen atoms in total. The van der Waals surface area contributed by atoms with Gasteiger partial charge >= 0.3 is 0 Å². The zero-order chi connectivity index (χ0) is 17.6. The van der Waals surface area contributed by atoms with Crippen LogP contribution >= 0.6 is 11.8 Å². The van der Waals surface area contributed by atoms with Gasteiger partial charge in [-0.1, -0.05) is 43.7 Å². The molecule has 1 aliphatic rings. The standard InChI is InChI=1S/C20H19FN2OS/c1-2-3-6-14-9-11-16(12-10-14)22-20-23-19(24)18(25-20)13-15-7-4-5-8-17(15)21/h4-5,7-13H,2-3,6H2,1H3,(H,22,23,24). The van der Waals surface area contributed by atoms with Crippen LogP contribution in [-0.2, 0) is 11.2 Å². The van der Waals surface area contributed by atoms with Gasteiger partial charge in [0, 0.05) is 5.56 Å². The number of carbonyl (C=O) groups excluding carboxylic acids is 1. The average Bonchev–Trinajstić information content (AvgIpc) is 2.95. The minimum absolute atomic E-state index is 0.258. The molecule has 1 heterocycles.